The van der Waals surface area contributed by atoms with E-state index in [9.17, 15) is 27.9 Å². The smallest absolute Gasteiger partial charge is 0.416 e. The maximum absolute atomic E-state index is 12.9. The van der Waals surface area contributed by atoms with Crippen molar-refractivity contribution in [3.8, 4) is 5.88 Å². The highest BCUT2D eigenvalue weighted by Gasteiger charge is 2.38. The number of carbonyl (C=O) groups excluding carboxylic acids is 2. The number of rotatable bonds is 8. The Morgan fingerprint density at radius 1 is 1.08 bits per heavy atom. The van der Waals surface area contributed by atoms with Gasteiger partial charge in [-0.2, -0.15) is 13.2 Å². The Labute approximate surface area is 214 Å². The fraction of sp³-hybridized carbons (Fsp3) is 0.536. The minimum absolute atomic E-state index is 0.00814. The normalized spacial score (nSPS) is 24.2. The number of halogens is 3. The molecule has 0 bridgehead atoms. The number of amides is 1. The Hall–Kier alpha value is -2.94. The number of ether oxygens (including phenoxy) is 1. The molecule has 2 aromatic rings. The monoisotopic (exact) mass is 518 g/mol. The highest BCUT2D eigenvalue weighted by Crippen LogP contribution is 2.42. The topological polar surface area (TPSA) is 79.7 Å². The first-order chi connectivity index (χ1) is 17.6. The third-order valence-corrected chi connectivity index (χ3v) is 7.72. The summed E-state index contributed by atoms with van der Waals surface area (Å²) in [6.45, 7) is 1.26. The molecule has 9 heteroatoms. The van der Waals surface area contributed by atoms with E-state index < -0.39 is 23.1 Å². The van der Waals surface area contributed by atoms with Crippen molar-refractivity contribution in [3.63, 3.8) is 0 Å². The predicted octanol–water partition coefficient (Wildman–Crippen LogP) is 5.39. The molecular weight excluding hydrogens is 485 g/mol. The van der Waals surface area contributed by atoms with E-state index in [1.165, 1.54) is 12.1 Å². The number of Topliss-reactive ketones (excluding diaryl/α,β-unsaturated/α-hetero) is 1. The molecule has 200 valence electrons. The zero-order chi connectivity index (χ0) is 26.6. The zero-order valence-corrected chi connectivity index (χ0v) is 21.0. The summed E-state index contributed by atoms with van der Waals surface area (Å²) in [5, 5.41) is 11.1. The van der Waals surface area contributed by atoms with Crippen LogP contribution in [0.3, 0.4) is 0 Å². The molecular formula is C28H33F3N2O4. The summed E-state index contributed by atoms with van der Waals surface area (Å²) in [7, 11) is 1.55. The van der Waals surface area contributed by atoms with E-state index in [1.807, 2.05) is 12.1 Å². The van der Waals surface area contributed by atoms with Crippen LogP contribution in [-0.4, -0.2) is 46.9 Å². The van der Waals surface area contributed by atoms with Crippen LogP contribution in [0.5, 0.6) is 5.88 Å². The molecule has 1 aliphatic heterocycles. The Kier molecular flexibility index (Phi) is 8.21. The fourth-order valence-electron chi connectivity index (χ4n) is 5.55. The minimum atomic E-state index is -4.51. The summed E-state index contributed by atoms with van der Waals surface area (Å²) in [5.41, 5.74) is -1.20. The SMILES string of the molecule is COc1cccc(C2(O)CCC(C[C@H]3CCN(C(=O)CCC(=O)c4cccc(C(F)(F)F)c4)C3)CC2)n1. The molecule has 1 saturated heterocycles. The molecule has 1 atom stereocenters. The van der Waals surface area contributed by atoms with E-state index >= 15 is 0 Å². The molecule has 2 fully saturated rings. The first kappa shape index (κ1) is 27.1. The summed E-state index contributed by atoms with van der Waals surface area (Å²) < 4.78 is 43.9. The number of likely N-dealkylation sites (tertiary alicyclic amines) is 1. The predicted molar refractivity (Wildman–Crippen MR) is 131 cm³/mol. The van der Waals surface area contributed by atoms with Gasteiger partial charge in [0, 0.05) is 37.6 Å². The van der Waals surface area contributed by atoms with Crippen LogP contribution >= 0.6 is 0 Å². The number of ketones is 1. The number of aliphatic hydroxyl groups is 1. The van der Waals surface area contributed by atoms with E-state index in [1.54, 1.807) is 18.1 Å². The third-order valence-electron chi connectivity index (χ3n) is 7.72. The van der Waals surface area contributed by atoms with Crippen LogP contribution in [0.4, 0.5) is 13.2 Å². The van der Waals surface area contributed by atoms with Gasteiger partial charge in [-0.05, 0) is 68.6 Å². The van der Waals surface area contributed by atoms with Crippen LogP contribution in [0.2, 0.25) is 0 Å². The van der Waals surface area contributed by atoms with Crippen LogP contribution < -0.4 is 4.74 Å². The summed E-state index contributed by atoms with van der Waals surface area (Å²) >= 11 is 0. The quantitative estimate of drug-likeness (QED) is 0.474. The van der Waals surface area contributed by atoms with E-state index in [0.717, 1.165) is 37.8 Å². The molecule has 1 aromatic carbocycles. The molecule has 1 N–H and O–H groups in total. The first-order valence-corrected chi connectivity index (χ1v) is 12.8. The van der Waals surface area contributed by atoms with Crippen molar-refractivity contribution in [1.82, 2.24) is 9.88 Å². The number of methoxy groups -OCH3 is 1. The van der Waals surface area contributed by atoms with Crippen LogP contribution in [0.1, 0.15) is 73.0 Å². The summed E-state index contributed by atoms with van der Waals surface area (Å²) in [6.07, 6.45) is 0.263. The van der Waals surface area contributed by atoms with Gasteiger partial charge in [0.15, 0.2) is 5.78 Å². The lowest BCUT2D eigenvalue weighted by molar-refractivity contribution is -0.137. The van der Waals surface area contributed by atoms with Crippen LogP contribution in [0.15, 0.2) is 42.5 Å². The van der Waals surface area contributed by atoms with Crippen LogP contribution in [0.25, 0.3) is 0 Å². The lowest BCUT2D eigenvalue weighted by Gasteiger charge is -2.36. The second kappa shape index (κ2) is 11.2. The minimum Gasteiger partial charge on any atom is -0.481 e. The molecule has 4 rings (SSSR count). The second-order valence-corrected chi connectivity index (χ2v) is 10.3. The van der Waals surface area contributed by atoms with E-state index in [4.69, 9.17) is 4.74 Å². The molecule has 2 heterocycles. The van der Waals surface area contributed by atoms with Gasteiger partial charge in [0.05, 0.1) is 18.4 Å². The highest BCUT2D eigenvalue weighted by atomic mass is 19.4. The Morgan fingerprint density at radius 2 is 1.81 bits per heavy atom. The van der Waals surface area contributed by atoms with E-state index in [2.05, 4.69) is 4.98 Å². The van der Waals surface area contributed by atoms with Crippen molar-refractivity contribution in [2.45, 2.75) is 63.1 Å². The van der Waals surface area contributed by atoms with Gasteiger partial charge in [0.25, 0.3) is 0 Å². The van der Waals surface area contributed by atoms with Gasteiger partial charge in [-0.1, -0.05) is 18.2 Å². The zero-order valence-electron chi connectivity index (χ0n) is 21.0. The van der Waals surface area contributed by atoms with Crippen LogP contribution in [-0.2, 0) is 16.6 Å². The number of pyridine rings is 1. The van der Waals surface area contributed by atoms with E-state index in [0.29, 0.717) is 49.3 Å². The van der Waals surface area contributed by atoms with Crippen molar-refractivity contribution >= 4 is 11.7 Å². The van der Waals surface area contributed by atoms with Crippen molar-refractivity contribution in [1.29, 1.82) is 0 Å². The van der Waals surface area contributed by atoms with Crippen LogP contribution in [0, 0.1) is 11.8 Å². The third kappa shape index (κ3) is 6.69. The highest BCUT2D eigenvalue weighted by molar-refractivity contribution is 5.98. The second-order valence-electron chi connectivity index (χ2n) is 10.3. The van der Waals surface area contributed by atoms with Crippen molar-refractivity contribution in [3.05, 3.63) is 59.3 Å². The lowest BCUT2D eigenvalue weighted by atomic mass is 9.74. The maximum atomic E-state index is 12.9. The largest absolute Gasteiger partial charge is 0.481 e. The number of benzene rings is 1. The van der Waals surface area contributed by atoms with Gasteiger partial charge in [-0.3, -0.25) is 9.59 Å². The number of aromatic nitrogens is 1. The van der Waals surface area contributed by atoms with Crippen molar-refractivity contribution in [2.75, 3.05) is 20.2 Å². The summed E-state index contributed by atoms with van der Waals surface area (Å²) in [5.74, 6) is 0.725. The first-order valence-electron chi connectivity index (χ1n) is 12.8. The standard InChI is InChI=1S/C28H33F3N2O4/c1-37-25-7-3-6-24(32-25)27(36)13-10-19(11-14-27)16-20-12-15-33(18-20)26(35)9-8-23(34)21-4-2-5-22(17-21)28(29,30)31/h2-7,17,19-20,36H,8-16,18H2,1H3/t19?,20-,27?/m1/s1. The Morgan fingerprint density at radius 3 is 2.51 bits per heavy atom. The number of carbonyl (C=O) groups is 2. The number of alkyl halides is 3. The van der Waals surface area contributed by atoms with Gasteiger partial charge in [-0.25, -0.2) is 4.98 Å². The Bertz CT molecular complexity index is 1110. The van der Waals surface area contributed by atoms with E-state index in [-0.39, 0.29) is 24.3 Å². The molecule has 2 aliphatic rings. The van der Waals surface area contributed by atoms with Gasteiger partial charge in [-0.15, -0.1) is 0 Å². The number of hydrogen-bond acceptors (Lipinski definition) is 5. The molecule has 37 heavy (non-hydrogen) atoms. The molecule has 1 saturated carbocycles. The number of hydrogen-bond donors (Lipinski definition) is 1. The molecule has 1 amide bonds. The van der Waals surface area contributed by atoms with Gasteiger partial charge >= 0.3 is 6.18 Å². The van der Waals surface area contributed by atoms with Gasteiger partial charge in [0.1, 0.15) is 5.60 Å². The Balaban J connectivity index is 1.22. The fourth-order valence-corrected chi connectivity index (χ4v) is 5.55. The van der Waals surface area contributed by atoms with Gasteiger partial charge in [0.2, 0.25) is 11.8 Å². The summed E-state index contributed by atoms with van der Waals surface area (Å²) in [6, 6.07) is 9.76. The van der Waals surface area contributed by atoms with Crippen molar-refractivity contribution in [2.24, 2.45) is 11.8 Å². The molecule has 0 spiro atoms. The molecule has 0 unspecified atom stereocenters. The molecule has 0 radical (unpaired) electrons. The maximum Gasteiger partial charge on any atom is 0.416 e. The number of nitrogens with zero attached hydrogens (tertiary/aromatic N) is 2. The lowest BCUT2D eigenvalue weighted by Crippen LogP contribution is -2.33. The average Bonchev–Trinajstić information content (AvgIpc) is 3.37. The molecule has 1 aromatic heterocycles. The summed E-state index contributed by atoms with van der Waals surface area (Å²) in [4.78, 5) is 31.3. The van der Waals surface area contributed by atoms with Gasteiger partial charge < -0.3 is 14.7 Å². The average molecular weight is 519 g/mol. The van der Waals surface area contributed by atoms with Crippen molar-refractivity contribution < 1.29 is 32.6 Å². The molecule has 1 aliphatic carbocycles. The molecule has 6 nitrogen and oxygen atoms in total.